The number of anilines is 1. The van der Waals surface area contributed by atoms with Crippen LogP contribution < -0.4 is 14.2 Å². The standard InChI is InChI=1S/C18H21N2OS/c1-5-20-15-9-6-7-10-16(15)21-17(20)11-8-12-18-19(4)13(2)14(3)22-18/h6-12H,5H2,1-4H3/q+1. The lowest BCUT2D eigenvalue weighted by atomic mass is 10.3. The third kappa shape index (κ3) is 2.55. The highest BCUT2D eigenvalue weighted by Crippen LogP contribution is 2.38. The maximum Gasteiger partial charge on any atom is 0.261 e. The SMILES string of the molecule is CCN1C(=CC=Cc2sc(C)c(C)[n+]2C)Oc2ccccc21. The van der Waals surface area contributed by atoms with Crippen LogP contribution >= 0.6 is 11.3 Å². The van der Waals surface area contributed by atoms with E-state index < -0.39 is 0 Å². The van der Waals surface area contributed by atoms with Crippen molar-refractivity contribution in [3.8, 4) is 5.75 Å². The van der Waals surface area contributed by atoms with Gasteiger partial charge in [0.15, 0.2) is 11.4 Å². The summed E-state index contributed by atoms with van der Waals surface area (Å²) in [6, 6.07) is 8.15. The van der Waals surface area contributed by atoms with Gasteiger partial charge in [0.05, 0.1) is 10.6 Å². The molecule has 1 aromatic carbocycles. The maximum absolute atomic E-state index is 5.94. The minimum Gasteiger partial charge on any atom is -0.439 e. The molecule has 0 atom stereocenters. The number of para-hydroxylation sites is 2. The first-order chi connectivity index (χ1) is 10.6. The van der Waals surface area contributed by atoms with Gasteiger partial charge in [-0.25, -0.2) is 0 Å². The summed E-state index contributed by atoms with van der Waals surface area (Å²) in [5.74, 6) is 1.81. The van der Waals surface area contributed by atoms with E-state index in [9.17, 15) is 0 Å². The first-order valence-electron chi connectivity index (χ1n) is 7.50. The van der Waals surface area contributed by atoms with Crippen LogP contribution in [0.2, 0.25) is 0 Å². The van der Waals surface area contributed by atoms with E-state index in [1.807, 2.05) is 35.6 Å². The molecule has 0 saturated heterocycles. The molecular formula is C18H21N2OS+. The van der Waals surface area contributed by atoms with E-state index in [4.69, 9.17) is 4.74 Å². The summed E-state index contributed by atoms with van der Waals surface area (Å²) in [4.78, 5) is 3.54. The number of aromatic nitrogens is 1. The van der Waals surface area contributed by atoms with Crippen LogP contribution in [0.3, 0.4) is 0 Å². The van der Waals surface area contributed by atoms with Gasteiger partial charge in [-0.15, -0.1) is 0 Å². The molecule has 0 amide bonds. The molecule has 1 aliphatic heterocycles. The Morgan fingerprint density at radius 3 is 2.73 bits per heavy atom. The number of rotatable bonds is 3. The third-order valence-electron chi connectivity index (χ3n) is 4.03. The Hall–Kier alpha value is -2.07. The molecule has 114 valence electrons. The van der Waals surface area contributed by atoms with Crippen molar-refractivity contribution in [3.63, 3.8) is 0 Å². The van der Waals surface area contributed by atoms with Crippen LogP contribution in [-0.2, 0) is 7.05 Å². The van der Waals surface area contributed by atoms with Crippen molar-refractivity contribution in [2.75, 3.05) is 11.4 Å². The van der Waals surface area contributed by atoms with Crippen LogP contribution in [0.5, 0.6) is 5.75 Å². The van der Waals surface area contributed by atoms with Gasteiger partial charge in [-0.1, -0.05) is 23.5 Å². The molecule has 4 heteroatoms. The number of thiazole rings is 1. The normalized spacial score (nSPS) is 15.6. The summed E-state index contributed by atoms with van der Waals surface area (Å²) < 4.78 is 8.16. The van der Waals surface area contributed by atoms with Crippen molar-refractivity contribution < 1.29 is 9.30 Å². The minimum absolute atomic E-state index is 0.882. The van der Waals surface area contributed by atoms with Gasteiger partial charge in [-0.2, -0.15) is 4.57 Å². The minimum atomic E-state index is 0.882. The van der Waals surface area contributed by atoms with Gasteiger partial charge in [0.2, 0.25) is 5.88 Å². The van der Waals surface area contributed by atoms with Crippen LogP contribution in [0.4, 0.5) is 5.69 Å². The second kappa shape index (κ2) is 5.97. The van der Waals surface area contributed by atoms with Gasteiger partial charge in [0.1, 0.15) is 7.05 Å². The lowest BCUT2D eigenvalue weighted by Gasteiger charge is -2.14. The molecule has 2 aromatic rings. The highest BCUT2D eigenvalue weighted by atomic mass is 32.1. The van der Waals surface area contributed by atoms with E-state index in [-0.39, 0.29) is 0 Å². The van der Waals surface area contributed by atoms with Gasteiger partial charge in [0, 0.05) is 19.5 Å². The van der Waals surface area contributed by atoms with Gasteiger partial charge < -0.3 is 9.64 Å². The van der Waals surface area contributed by atoms with Gasteiger partial charge in [-0.05, 0) is 38.1 Å². The number of ether oxygens (including phenoxy) is 1. The first kappa shape index (κ1) is 14.9. The summed E-state index contributed by atoms with van der Waals surface area (Å²) in [7, 11) is 2.10. The van der Waals surface area contributed by atoms with Crippen molar-refractivity contribution in [3.05, 3.63) is 57.9 Å². The molecule has 1 aliphatic rings. The second-order valence-corrected chi connectivity index (χ2v) is 6.55. The number of hydrogen-bond acceptors (Lipinski definition) is 3. The lowest BCUT2D eigenvalue weighted by Crippen LogP contribution is -2.31. The summed E-state index contributed by atoms with van der Waals surface area (Å²) in [5.41, 5.74) is 2.45. The highest BCUT2D eigenvalue weighted by molar-refractivity contribution is 7.12. The summed E-state index contributed by atoms with van der Waals surface area (Å²) >= 11 is 1.81. The van der Waals surface area contributed by atoms with Gasteiger partial charge in [-0.3, -0.25) is 0 Å². The molecule has 0 fully saturated rings. The van der Waals surface area contributed by atoms with Crippen molar-refractivity contribution in [2.45, 2.75) is 20.8 Å². The third-order valence-corrected chi connectivity index (χ3v) is 5.25. The molecule has 0 radical (unpaired) electrons. The molecule has 0 aliphatic carbocycles. The Bertz CT molecular complexity index is 758. The Kier molecular flexibility index (Phi) is 4.03. The number of aryl methyl sites for hydroxylation is 1. The summed E-state index contributed by atoms with van der Waals surface area (Å²) in [6.07, 6.45) is 6.24. The summed E-state index contributed by atoms with van der Waals surface area (Å²) in [5, 5.41) is 1.24. The van der Waals surface area contributed by atoms with Crippen LogP contribution in [0.15, 0.2) is 42.3 Å². The fourth-order valence-electron chi connectivity index (χ4n) is 2.56. The largest absolute Gasteiger partial charge is 0.439 e. The van der Waals surface area contributed by atoms with E-state index in [2.05, 4.69) is 55.5 Å². The Balaban J connectivity index is 1.84. The Morgan fingerprint density at radius 1 is 1.27 bits per heavy atom. The Morgan fingerprint density at radius 2 is 2.05 bits per heavy atom. The van der Waals surface area contributed by atoms with E-state index in [0.29, 0.717) is 0 Å². The second-order valence-electron chi connectivity index (χ2n) is 5.32. The van der Waals surface area contributed by atoms with Crippen LogP contribution in [0.1, 0.15) is 22.5 Å². The molecule has 0 saturated carbocycles. The number of fused-ring (bicyclic) bond motifs is 1. The zero-order valence-electron chi connectivity index (χ0n) is 13.5. The molecule has 22 heavy (non-hydrogen) atoms. The fraction of sp³-hybridized carbons (Fsp3) is 0.278. The van der Waals surface area contributed by atoms with E-state index in [0.717, 1.165) is 23.9 Å². The first-order valence-corrected chi connectivity index (χ1v) is 8.32. The zero-order valence-corrected chi connectivity index (χ0v) is 14.3. The molecule has 2 heterocycles. The van der Waals surface area contributed by atoms with Crippen LogP contribution in [0.25, 0.3) is 6.08 Å². The highest BCUT2D eigenvalue weighted by Gasteiger charge is 2.23. The number of nitrogens with zero attached hydrogens (tertiary/aromatic N) is 2. The monoisotopic (exact) mass is 313 g/mol. The maximum atomic E-state index is 5.94. The Labute approximate surface area is 135 Å². The van der Waals surface area contributed by atoms with Crippen molar-refractivity contribution in [1.82, 2.24) is 0 Å². The summed E-state index contributed by atoms with van der Waals surface area (Å²) in [6.45, 7) is 7.33. The number of allylic oxidation sites excluding steroid dienone is 2. The molecule has 3 nitrogen and oxygen atoms in total. The lowest BCUT2D eigenvalue weighted by molar-refractivity contribution is -0.674. The van der Waals surface area contributed by atoms with E-state index in [1.165, 1.54) is 15.6 Å². The molecule has 0 N–H and O–H groups in total. The van der Waals surface area contributed by atoms with Gasteiger partial charge in [0.25, 0.3) is 5.01 Å². The molecule has 0 bridgehead atoms. The van der Waals surface area contributed by atoms with E-state index in [1.54, 1.807) is 0 Å². The zero-order chi connectivity index (χ0) is 15.7. The van der Waals surface area contributed by atoms with Crippen molar-refractivity contribution >= 4 is 23.1 Å². The van der Waals surface area contributed by atoms with Crippen LogP contribution in [0, 0.1) is 13.8 Å². The van der Waals surface area contributed by atoms with Crippen LogP contribution in [-0.4, -0.2) is 6.54 Å². The predicted molar refractivity (Wildman–Crippen MR) is 92.2 cm³/mol. The average Bonchev–Trinajstić information content (AvgIpc) is 3.00. The molecule has 3 rings (SSSR count). The molecular weight excluding hydrogens is 292 g/mol. The quantitative estimate of drug-likeness (QED) is 0.797. The topological polar surface area (TPSA) is 16.4 Å². The smallest absolute Gasteiger partial charge is 0.261 e. The predicted octanol–water partition coefficient (Wildman–Crippen LogP) is 3.96. The molecule has 0 spiro atoms. The van der Waals surface area contributed by atoms with E-state index >= 15 is 0 Å². The molecule has 1 aromatic heterocycles. The van der Waals surface area contributed by atoms with Gasteiger partial charge >= 0.3 is 0 Å². The van der Waals surface area contributed by atoms with Crippen molar-refractivity contribution in [2.24, 2.45) is 7.05 Å². The fourth-order valence-corrected chi connectivity index (χ4v) is 3.58. The average molecular weight is 313 g/mol. The molecule has 0 unspecified atom stereocenters. The van der Waals surface area contributed by atoms with Crippen molar-refractivity contribution in [1.29, 1.82) is 0 Å². The number of hydrogen-bond donors (Lipinski definition) is 0. The number of benzene rings is 1.